The van der Waals surface area contributed by atoms with Gasteiger partial charge in [-0.05, 0) is 32.4 Å². The van der Waals surface area contributed by atoms with Crippen LogP contribution < -0.4 is 9.80 Å². The van der Waals surface area contributed by atoms with Crippen molar-refractivity contribution in [2.45, 2.75) is 20.3 Å². The van der Waals surface area contributed by atoms with Crippen molar-refractivity contribution >= 4 is 22.3 Å². The highest BCUT2D eigenvalue weighted by Crippen LogP contribution is 2.24. The van der Waals surface area contributed by atoms with Gasteiger partial charge in [-0.1, -0.05) is 0 Å². The van der Waals surface area contributed by atoms with Gasteiger partial charge >= 0.3 is 0 Å². The Kier molecular flexibility index (Phi) is 4.79. The molecule has 7 heteroatoms. The van der Waals surface area contributed by atoms with Crippen LogP contribution in [0.1, 0.15) is 17.8 Å². The number of thiazole rings is 1. The van der Waals surface area contributed by atoms with Gasteiger partial charge < -0.3 is 9.80 Å². The minimum atomic E-state index is 0.741. The van der Waals surface area contributed by atoms with Crippen LogP contribution in [0, 0.1) is 13.8 Å². The second-order valence-corrected chi connectivity index (χ2v) is 7.37. The predicted molar refractivity (Wildman–Crippen MR) is 106 cm³/mol. The Morgan fingerprint density at radius 3 is 2.58 bits per heavy atom. The smallest absolute Gasteiger partial charge is 0.185 e. The van der Waals surface area contributed by atoms with Crippen LogP contribution in [0.15, 0.2) is 36.0 Å². The molecule has 1 aliphatic rings. The molecule has 1 fully saturated rings. The van der Waals surface area contributed by atoms with Crippen LogP contribution in [0.3, 0.4) is 0 Å². The van der Waals surface area contributed by atoms with Gasteiger partial charge in [0.1, 0.15) is 5.82 Å². The van der Waals surface area contributed by atoms with Gasteiger partial charge in [0.05, 0.1) is 5.69 Å². The molecule has 0 atom stereocenters. The second-order valence-electron chi connectivity index (χ2n) is 6.53. The molecule has 134 valence electrons. The maximum absolute atomic E-state index is 4.81. The number of rotatable bonds is 3. The van der Waals surface area contributed by atoms with E-state index < -0.39 is 0 Å². The van der Waals surface area contributed by atoms with E-state index in [1.807, 2.05) is 32.2 Å². The summed E-state index contributed by atoms with van der Waals surface area (Å²) in [4.78, 5) is 23.0. The molecule has 0 bridgehead atoms. The minimum Gasteiger partial charge on any atom is -0.355 e. The van der Waals surface area contributed by atoms with Crippen molar-refractivity contribution in [3.63, 3.8) is 0 Å². The Labute approximate surface area is 157 Å². The molecule has 0 aliphatic carbocycles. The Morgan fingerprint density at radius 2 is 1.81 bits per heavy atom. The first-order chi connectivity index (χ1) is 12.7. The lowest BCUT2D eigenvalue weighted by molar-refractivity contribution is 0.794. The first kappa shape index (κ1) is 16.9. The summed E-state index contributed by atoms with van der Waals surface area (Å²) < 4.78 is 0. The zero-order valence-corrected chi connectivity index (χ0v) is 15.9. The molecule has 1 saturated heterocycles. The molecule has 4 rings (SSSR count). The Hall–Kier alpha value is -2.54. The molecule has 0 spiro atoms. The molecule has 26 heavy (non-hydrogen) atoms. The zero-order valence-electron chi connectivity index (χ0n) is 15.1. The number of nitrogens with zero attached hydrogens (tertiary/aromatic N) is 6. The fourth-order valence-corrected chi connectivity index (χ4v) is 4.02. The lowest BCUT2D eigenvalue weighted by atomic mass is 10.2. The average molecular weight is 366 g/mol. The van der Waals surface area contributed by atoms with Crippen molar-refractivity contribution in [2.24, 2.45) is 0 Å². The topological polar surface area (TPSA) is 58.0 Å². The van der Waals surface area contributed by atoms with Crippen LogP contribution in [-0.4, -0.2) is 46.1 Å². The lowest BCUT2D eigenvalue weighted by Crippen LogP contribution is -2.31. The van der Waals surface area contributed by atoms with Crippen molar-refractivity contribution < 1.29 is 0 Å². The van der Waals surface area contributed by atoms with Crippen LogP contribution >= 0.6 is 11.3 Å². The van der Waals surface area contributed by atoms with Gasteiger partial charge in [0.2, 0.25) is 0 Å². The first-order valence-corrected chi connectivity index (χ1v) is 9.75. The summed E-state index contributed by atoms with van der Waals surface area (Å²) in [6.45, 7) is 7.98. The number of hydrogen-bond donors (Lipinski definition) is 0. The summed E-state index contributed by atoms with van der Waals surface area (Å²) in [7, 11) is 0. The zero-order chi connectivity index (χ0) is 17.9. The fourth-order valence-electron chi connectivity index (χ4n) is 3.16. The Balaban J connectivity index is 1.55. The fraction of sp³-hybridized carbons (Fsp3) is 0.368. The van der Waals surface area contributed by atoms with Crippen molar-refractivity contribution in [3.8, 4) is 11.4 Å². The quantitative estimate of drug-likeness (QED) is 0.709. The maximum Gasteiger partial charge on any atom is 0.185 e. The van der Waals surface area contributed by atoms with E-state index in [-0.39, 0.29) is 0 Å². The van der Waals surface area contributed by atoms with E-state index in [1.54, 1.807) is 17.5 Å². The molecule has 0 amide bonds. The van der Waals surface area contributed by atoms with Gasteiger partial charge in [-0.3, -0.25) is 4.98 Å². The molecule has 0 radical (unpaired) electrons. The minimum absolute atomic E-state index is 0.741. The summed E-state index contributed by atoms with van der Waals surface area (Å²) in [5.41, 5.74) is 3.02. The maximum atomic E-state index is 4.81. The van der Waals surface area contributed by atoms with E-state index >= 15 is 0 Å². The second kappa shape index (κ2) is 7.37. The normalized spacial score (nSPS) is 15.2. The summed E-state index contributed by atoms with van der Waals surface area (Å²) >= 11 is 1.73. The van der Waals surface area contributed by atoms with Crippen molar-refractivity contribution in [1.82, 2.24) is 19.9 Å². The molecule has 0 N–H and O–H groups in total. The van der Waals surface area contributed by atoms with Gasteiger partial charge in [0.15, 0.2) is 11.0 Å². The van der Waals surface area contributed by atoms with Crippen molar-refractivity contribution in [1.29, 1.82) is 0 Å². The first-order valence-electron chi connectivity index (χ1n) is 8.87. The number of aromatic nitrogens is 4. The van der Waals surface area contributed by atoms with E-state index in [0.29, 0.717) is 0 Å². The molecular weight excluding hydrogens is 344 g/mol. The molecule has 1 aliphatic heterocycles. The lowest BCUT2D eigenvalue weighted by Gasteiger charge is -2.23. The van der Waals surface area contributed by atoms with E-state index in [1.165, 1.54) is 0 Å². The third-order valence-electron chi connectivity index (χ3n) is 4.46. The number of pyridine rings is 1. The third-order valence-corrected chi connectivity index (χ3v) is 5.48. The molecule has 0 saturated carbocycles. The largest absolute Gasteiger partial charge is 0.355 e. The predicted octanol–water partition coefficient (Wildman–Crippen LogP) is 3.33. The van der Waals surface area contributed by atoms with Crippen LogP contribution in [0.4, 0.5) is 10.9 Å². The molecule has 0 aromatic carbocycles. The number of anilines is 2. The van der Waals surface area contributed by atoms with Crippen molar-refractivity contribution in [3.05, 3.63) is 47.4 Å². The highest BCUT2D eigenvalue weighted by atomic mass is 32.1. The number of hydrogen-bond acceptors (Lipinski definition) is 7. The van der Waals surface area contributed by atoms with Gasteiger partial charge in [-0.25, -0.2) is 15.0 Å². The summed E-state index contributed by atoms with van der Waals surface area (Å²) in [6, 6.07) is 5.99. The SMILES string of the molecule is Cc1cc(N2CCCN(c3nc(C)cs3)CC2)nc(-c2cccnc2)n1. The van der Waals surface area contributed by atoms with Crippen LogP contribution in [0.2, 0.25) is 0 Å². The van der Waals surface area contributed by atoms with E-state index in [4.69, 9.17) is 4.98 Å². The molecule has 3 aromatic rings. The van der Waals surface area contributed by atoms with Crippen LogP contribution in [0.25, 0.3) is 11.4 Å². The van der Waals surface area contributed by atoms with E-state index in [0.717, 1.165) is 66.3 Å². The molecule has 0 unspecified atom stereocenters. The molecule has 6 nitrogen and oxygen atoms in total. The van der Waals surface area contributed by atoms with E-state index in [9.17, 15) is 0 Å². The average Bonchev–Trinajstić information content (AvgIpc) is 2.94. The van der Waals surface area contributed by atoms with Crippen molar-refractivity contribution in [2.75, 3.05) is 36.0 Å². The highest BCUT2D eigenvalue weighted by Gasteiger charge is 2.19. The number of aryl methyl sites for hydroxylation is 2. The summed E-state index contributed by atoms with van der Waals surface area (Å²) in [5.74, 6) is 1.73. The Bertz CT molecular complexity index is 879. The van der Waals surface area contributed by atoms with E-state index in [2.05, 4.69) is 36.2 Å². The van der Waals surface area contributed by atoms with Gasteiger partial charge in [-0.15, -0.1) is 11.3 Å². The summed E-state index contributed by atoms with van der Waals surface area (Å²) in [6.07, 6.45) is 4.67. The monoisotopic (exact) mass is 366 g/mol. The standard InChI is InChI=1S/C19H22N6S/c1-14-11-17(23-18(21-14)16-5-3-6-20-12-16)24-7-4-8-25(10-9-24)19-22-15(2)13-26-19/h3,5-6,11-13H,4,7-10H2,1-2H3. The van der Waals surface area contributed by atoms with Crippen LogP contribution in [-0.2, 0) is 0 Å². The third kappa shape index (κ3) is 3.67. The van der Waals surface area contributed by atoms with Gasteiger partial charge in [0, 0.05) is 61.3 Å². The highest BCUT2D eigenvalue weighted by molar-refractivity contribution is 7.13. The van der Waals surface area contributed by atoms with Gasteiger partial charge in [-0.2, -0.15) is 0 Å². The van der Waals surface area contributed by atoms with Crippen LogP contribution in [0.5, 0.6) is 0 Å². The molecule has 4 heterocycles. The molecular formula is C19H22N6S. The summed E-state index contributed by atoms with van der Waals surface area (Å²) in [5, 5.41) is 3.24. The molecule has 3 aromatic heterocycles. The van der Waals surface area contributed by atoms with Gasteiger partial charge in [0.25, 0.3) is 0 Å². The Morgan fingerprint density at radius 1 is 0.962 bits per heavy atom.